The molecule has 0 radical (unpaired) electrons. The molecule has 0 aliphatic carbocycles. The van der Waals surface area contributed by atoms with Crippen molar-refractivity contribution in [2.45, 2.75) is 25.8 Å². The second-order valence-electron chi connectivity index (χ2n) is 5.48. The summed E-state index contributed by atoms with van der Waals surface area (Å²) in [4.78, 5) is 16.3. The summed E-state index contributed by atoms with van der Waals surface area (Å²) >= 11 is 0. The SMILES string of the molecule is O=c1ccc(-c2ccc(CN3CCCCC3)cc2)c[nH]1. The summed E-state index contributed by atoms with van der Waals surface area (Å²) in [6, 6.07) is 12.1. The van der Waals surface area contributed by atoms with E-state index >= 15 is 0 Å². The highest BCUT2D eigenvalue weighted by Gasteiger charge is 2.10. The molecule has 1 aliphatic heterocycles. The zero-order chi connectivity index (χ0) is 13.8. The number of likely N-dealkylation sites (tertiary alicyclic amines) is 1. The van der Waals surface area contributed by atoms with Crippen LogP contribution in [0.4, 0.5) is 0 Å². The van der Waals surface area contributed by atoms with Crippen LogP contribution in [-0.4, -0.2) is 23.0 Å². The first kappa shape index (κ1) is 13.1. The zero-order valence-electron chi connectivity index (χ0n) is 11.6. The maximum atomic E-state index is 11.1. The van der Waals surface area contributed by atoms with Gasteiger partial charge in [-0.1, -0.05) is 30.7 Å². The number of aromatic nitrogens is 1. The monoisotopic (exact) mass is 268 g/mol. The van der Waals surface area contributed by atoms with E-state index in [0.29, 0.717) is 0 Å². The normalized spacial score (nSPS) is 16.2. The van der Waals surface area contributed by atoms with Gasteiger partial charge in [-0.05, 0) is 48.7 Å². The van der Waals surface area contributed by atoms with E-state index in [1.807, 2.05) is 6.07 Å². The fourth-order valence-corrected chi connectivity index (χ4v) is 2.77. The smallest absolute Gasteiger partial charge is 0.247 e. The number of pyridine rings is 1. The van der Waals surface area contributed by atoms with E-state index in [2.05, 4.69) is 34.1 Å². The van der Waals surface area contributed by atoms with Crippen LogP contribution >= 0.6 is 0 Å². The number of hydrogen-bond acceptors (Lipinski definition) is 2. The molecule has 0 unspecified atom stereocenters. The third kappa shape index (κ3) is 3.17. The Balaban J connectivity index is 1.70. The molecule has 3 rings (SSSR count). The van der Waals surface area contributed by atoms with E-state index in [-0.39, 0.29) is 5.56 Å². The highest BCUT2D eigenvalue weighted by atomic mass is 16.1. The Hall–Kier alpha value is -1.87. The molecule has 1 fully saturated rings. The van der Waals surface area contributed by atoms with Gasteiger partial charge in [-0.3, -0.25) is 9.69 Å². The number of nitrogens with zero attached hydrogens (tertiary/aromatic N) is 1. The van der Waals surface area contributed by atoms with Gasteiger partial charge in [-0.15, -0.1) is 0 Å². The van der Waals surface area contributed by atoms with E-state index in [4.69, 9.17) is 0 Å². The summed E-state index contributed by atoms with van der Waals surface area (Å²) in [6.07, 6.45) is 5.80. The van der Waals surface area contributed by atoms with Gasteiger partial charge >= 0.3 is 0 Å². The molecule has 1 aromatic carbocycles. The van der Waals surface area contributed by atoms with Gasteiger partial charge in [0.2, 0.25) is 5.56 Å². The molecule has 104 valence electrons. The summed E-state index contributed by atoms with van der Waals surface area (Å²) in [6.45, 7) is 3.50. The average molecular weight is 268 g/mol. The zero-order valence-corrected chi connectivity index (χ0v) is 11.6. The third-order valence-electron chi connectivity index (χ3n) is 3.93. The van der Waals surface area contributed by atoms with Crippen LogP contribution in [0.5, 0.6) is 0 Å². The molecule has 2 aromatic rings. The first-order valence-electron chi connectivity index (χ1n) is 7.32. The molecule has 0 bridgehead atoms. The molecule has 0 saturated carbocycles. The van der Waals surface area contributed by atoms with E-state index in [1.165, 1.54) is 37.9 Å². The summed E-state index contributed by atoms with van der Waals surface area (Å²) in [5.41, 5.74) is 3.49. The van der Waals surface area contributed by atoms with Crippen molar-refractivity contribution >= 4 is 0 Å². The first-order chi connectivity index (χ1) is 9.81. The lowest BCUT2D eigenvalue weighted by molar-refractivity contribution is 0.221. The van der Waals surface area contributed by atoms with E-state index in [1.54, 1.807) is 12.3 Å². The van der Waals surface area contributed by atoms with Crippen molar-refractivity contribution < 1.29 is 0 Å². The third-order valence-corrected chi connectivity index (χ3v) is 3.93. The standard InChI is InChI=1S/C17H20N2O/c20-17-9-8-16(12-18-17)15-6-4-14(5-7-15)13-19-10-2-1-3-11-19/h4-9,12H,1-3,10-11,13H2,(H,18,20). The van der Waals surface area contributed by atoms with E-state index < -0.39 is 0 Å². The predicted octanol–water partition coefficient (Wildman–Crippen LogP) is 3.03. The molecular formula is C17H20N2O. The molecule has 1 saturated heterocycles. The van der Waals surface area contributed by atoms with Gasteiger partial charge in [0, 0.05) is 18.8 Å². The Kier molecular flexibility index (Phi) is 3.97. The van der Waals surface area contributed by atoms with Gasteiger partial charge in [0.05, 0.1) is 0 Å². The molecule has 3 heteroatoms. The van der Waals surface area contributed by atoms with Crippen molar-refractivity contribution in [3.8, 4) is 11.1 Å². The Labute approximate surface area is 119 Å². The second-order valence-corrected chi connectivity index (χ2v) is 5.48. The highest BCUT2D eigenvalue weighted by molar-refractivity contribution is 5.62. The van der Waals surface area contributed by atoms with Crippen LogP contribution in [0.25, 0.3) is 11.1 Å². The van der Waals surface area contributed by atoms with Crippen molar-refractivity contribution in [3.05, 3.63) is 58.5 Å². The number of aromatic amines is 1. The molecule has 0 spiro atoms. The van der Waals surface area contributed by atoms with Crippen LogP contribution in [0.3, 0.4) is 0 Å². The summed E-state index contributed by atoms with van der Waals surface area (Å²) in [7, 11) is 0. The van der Waals surface area contributed by atoms with Gasteiger partial charge in [0.25, 0.3) is 0 Å². The molecule has 3 nitrogen and oxygen atoms in total. The topological polar surface area (TPSA) is 36.1 Å². The molecule has 20 heavy (non-hydrogen) atoms. The van der Waals surface area contributed by atoms with Gasteiger partial charge in [0.15, 0.2) is 0 Å². The summed E-state index contributed by atoms with van der Waals surface area (Å²) in [5, 5.41) is 0. The number of hydrogen-bond donors (Lipinski definition) is 1. The van der Waals surface area contributed by atoms with Gasteiger partial charge < -0.3 is 4.98 Å². The second kappa shape index (κ2) is 6.06. The van der Waals surface area contributed by atoms with Crippen molar-refractivity contribution in [3.63, 3.8) is 0 Å². The minimum Gasteiger partial charge on any atom is -0.328 e. The fourth-order valence-electron chi connectivity index (χ4n) is 2.77. The van der Waals surface area contributed by atoms with Crippen molar-refractivity contribution in [1.82, 2.24) is 9.88 Å². The molecule has 1 aliphatic rings. The van der Waals surface area contributed by atoms with Crippen molar-refractivity contribution in [2.75, 3.05) is 13.1 Å². The first-order valence-corrected chi connectivity index (χ1v) is 7.32. The van der Waals surface area contributed by atoms with Crippen LogP contribution in [-0.2, 0) is 6.54 Å². The Bertz CT molecular complexity index is 589. The van der Waals surface area contributed by atoms with Crippen LogP contribution in [0.15, 0.2) is 47.4 Å². The lowest BCUT2D eigenvalue weighted by Gasteiger charge is -2.26. The lowest BCUT2D eigenvalue weighted by Crippen LogP contribution is -2.28. The number of H-pyrrole nitrogens is 1. The number of nitrogens with one attached hydrogen (secondary N) is 1. The molecule has 2 heterocycles. The molecular weight excluding hydrogens is 248 g/mol. The Morgan fingerprint density at radius 2 is 1.60 bits per heavy atom. The van der Waals surface area contributed by atoms with E-state index in [9.17, 15) is 4.79 Å². The van der Waals surface area contributed by atoms with Crippen molar-refractivity contribution in [2.24, 2.45) is 0 Å². The fraction of sp³-hybridized carbons (Fsp3) is 0.353. The Morgan fingerprint density at radius 1 is 0.900 bits per heavy atom. The van der Waals surface area contributed by atoms with Gasteiger partial charge in [-0.25, -0.2) is 0 Å². The largest absolute Gasteiger partial charge is 0.328 e. The predicted molar refractivity (Wildman–Crippen MR) is 81.6 cm³/mol. The molecule has 1 N–H and O–H groups in total. The quantitative estimate of drug-likeness (QED) is 0.929. The average Bonchev–Trinajstić information content (AvgIpc) is 2.50. The molecule has 1 aromatic heterocycles. The van der Waals surface area contributed by atoms with Gasteiger partial charge in [-0.2, -0.15) is 0 Å². The van der Waals surface area contributed by atoms with Crippen LogP contribution in [0, 0.1) is 0 Å². The maximum absolute atomic E-state index is 11.1. The number of piperidine rings is 1. The van der Waals surface area contributed by atoms with Crippen LogP contribution in [0.2, 0.25) is 0 Å². The maximum Gasteiger partial charge on any atom is 0.247 e. The lowest BCUT2D eigenvalue weighted by atomic mass is 10.0. The number of benzene rings is 1. The summed E-state index contributed by atoms with van der Waals surface area (Å²) < 4.78 is 0. The van der Waals surface area contributed by atoms with Gasteiger partial charge in [0.1, 0.15) is 0 Å². The van der Waals surface area contributed by atoms with Crippen LogP contribution < -0.4 is 5.56 Å². The minimum atomic E-state index is -0.0598. The highest BCUT2D eigenvalue weighted by Crippen LogP contribution is 2.19. The molecule has 0 atom stereocenters. The van der Waals surface area contributed by atoms with Crippen molar-refractivity contribution in [1.29, 1.82) is 0 Å². The van der Waals surface area contributed by atoms with Crippen LogP contribution in [0.1, 0.15) is 24.8 Å². The molecule has 0 amide bonds. The minimum absolute atomic E-state index is 0.0598. The summed E-state index contributed by atoms with van der Waals surface area (Å²) in [5.74, 6) is 0. The van der Waals surface area contributed by atoms with E-state index in [0.717, 1.165) is 17.7 Å². The Morgan fingerprint density at radius 3 is 2.25 bits per heavy atom. The number of rotatable bonds is 3.